The molecule has 2 nitrogen and oxygen atoms in total. The summed E-state index contributed by atoms with van der Waals surface area (Å²) in [6, 6.07) is 4.33. The Morgan fingerprint density at radius 1 is 1.56 bits per heavy atom. The topological polar surface area (TPSA) is 43.1 Å². The van der Waals surface area contributed by atoms with E-state index >= 15 is 0 Å². The minimum atomic E-state index is -0.469. The van der Waals surface area contributed by atoms with E-state index in [-0.39, 0.29) is 23.1 Å². The fourth-order valence-electron chi connectivity index (χ4n) is 1.52. The summed E-state index contributed by atoms with van der Waals surface area (Å²) < 4.78 is 12.9. The number of benzene rings is 1. The van der Waals surface area contributed by atoms with Gasteiger partial charge in [-0.05, 0) is 24.1 Å². The zero-order valence-corrected chi connectivity index (χ0v) is 9.93. The van der Waals surface area contributed by atoms with Crippen LogP contribution in [-0.4, -0.2) is 12.3 Å². The molecular weight excluding hydrogens is 229 g/mol. The Balaban J connectivity index is 2.73. The summed E-state index contributed by atoms with van der Waals surface area (Å²) in [5.41, 5.74) is 6.21. The van der Waals surface area contributed by atoms with Crippen LogP contribution in [0.1, 0.15) is 18.9 Å². The van der Waals surface area contributed by atoms with Crippen LogP contribution in [0.2, 0.25) is 5.02 Å². The highest BCUT2D eigenvalue weighted by molar-refractivity contribution is 6.30. The third-order valence-corrected chi connectivity index (χ3v) is 2.88. The normalized spacial score (nSPS) is 12.5. The molecule has 1 aromatic carbocycles. The lowest BCUT2D eigenvalue weighted by atomic mass is 9.96. The molecule has 0 aliphatic carbocycles. The van der Waals surface area contributed by atoms with Crippen molar-refractivity contribution in [3.63, 3.8) is 0 Å². The van der Waals surface area contributed by atoms with E-state index in [1.807, 2.05) is 6.92 Å². The summed E-state index contributed by atoms with van der Waals surface area (Å²) in [6.45, 7) is 2.28. The summed E-state index contributed by atoms with van der Waals surface area (Å²) in [4.78, 5) is 11.8. The first-order valence-corrected chi connectivity index (χ1v) is 5.63. The van der Waals surface area contributed by atoms with Gasteiger partial charge in [0.05, 0.1) is 5.02 Å². The molecule has 0 heterocycles. The summed E-state index contributed by atoms with van der Waals surface area (Å²) in [7, 11) is 0. The minimum absolute atomic E-state index is 0.0473. The number of carbonyl (C=O) groups excluding carboxylic acids is 1. The molecule has 0 saturated carbocycles. The van der Waals surface area contributed by atoms with Crippen LogP contribution in [0.25, 0.3) is 0 Å². The van der Waals surface area contributed by atoms with Crippen molar-refractivity contribution in [2.45, 2.75) is 19.8 Å². The third-order valence-electron chi connectivity index (χ3n) is 2.60. The Bertz CT molecular complexity index is 377. The van der Waals surface area contributed by atoms with E-state index in [0.29, 0.717) is 6.54 Å². The molecule has 0 aromatic heterocycles. The first-order valence-electron chi connectivity index (χ1n) is 5.25. The second-order valence-corrected chi connectivity index (χ2v) is 4.14. The number of halogens is 2. The van der Waals surface area contributed by atoms with Crippen molar-refractivity contribution in [3.05, 3.63) is 34.6 Å². The number of hydrogen-bond donors (Lipinski definition) is 1. The van der Waals surface area contributed by atoms with Crippen LogP contribution in [0.4, 0.5) is 4.39 Å². The SMILES string of the molecule is CCC(CN)C(=O)Cc1ccc(F)c(Cl)c1. The largest absolute Gasteiger partial charge is 0.330 e. The van der Waals surface area contributed by atoms with Crippen molar-refractivity contribution in [3.8, 4) is 0 Å². The second kappa shape index (κ2) is 5.97. The van der Waals surface area contributed by atoms with Crippen LogP contribution < -0.4 is 5.73 Å². The first kappa shape index (κ1) is 13.1. The molecule has 1 atom stereocenters. The Morgan fingerprint density at radius 3 is 2.75 bits per heavy atom. The van der Waals surface area contributed by atoms with E-state index in [4.69, 9.17) is 17.3 Å². The Morgan fingerprint density at radius 2 is 2.25 bits per heavy atom. The van der Waals surface area contributed by atoms with Crippen molar-refractivity contribution in [2.24, 2.45) is 11.7 Å². The molecule has 0 saturated heterocycles. The molecule has 4 heteroatoms. The molecule has 0 aliphatic heterocycles. The summed E-state index contributed by atoms with van der Waals surface area (Å²) >= 11 is 5.63. The molecule has 16 heavy (non-hydrogen) atoms. The van der Waals surface area contributed by atoms with Crippen LogP contribution in [0.5, 0.6) is 0 Å². The number of carbonyl (C=O) groups is 1. The smallest absolute Gasteiger partial charge is 0.141 e. The minimum Gasteiger partial charge on any atom is -0.330 e. The molecule has 1 rings (SSSR count). The van der Waals surface area contributed by atoms with Crippen molar-refractivity contribution in [1.29, 1.82) is 0 Å². The van der Waals surface area contributed by atoms with Crippen LogP contribution in [0.3, 0.4) is 0 Å². The molecular formula is C12H15ClFNO. The lowest BCUT2D eigenvalue weighted by Gasteiger charge is -2.10. The third kappa shape index (κ3) is 3.29. The fourth-order valence-corrected chi connectivity index (χ4v) is 1.72. The van der Waals surface area contributed by atoms with Gasteiger partial charge >= 0.3 is 0 Å². The molecule has 2 N–H and O–H groups in total. The van der Waals surface area contributed by atoms with Crippen LogP contribution in [0, 0.1) is 11.7 Å². The van der Waals surface area contributed by atoms with Gasteiger partial charge in [0.15, 0.2) is 0 Å². The standard InChI is InChI=1S/C12H15ClFNO/c1-2-9(7-15)12(16)6-8-3-4-11(14)10(13)5-8/h3-5,9H,2,6-7,15H2,1H3. The number of Topliss-reactive ketones (excluding diaryl/α,β-unsaturated/α-hetero) is 1. The van der Waals surface area contributed by atoms with E-state index in [1.165, 1.54) is 12.1 Å². The van der Waals surface area contributed by atoms with Gasteiger partial charge in [0.25, 0.3) is 0 Å². The predicted octanol–water partition coefficient (Wildman–Crippen LogP) is 2.58. The second-order valence-electron chi connectivity index (χ2n) is 3.73. The maximum atomic E-state index is 12.9. The lowest BCUT2D eigenvalue weighted by Crippen LogP contribution is -2.24. The molecule has 0 amide bonds. The molecule has 0 aliphatic rings. The van der Waals surface area contributed by atoms with Gasteiger partial charge < -0.3 is 5.73 Å². The van der Waals surface area contributed by atoms with E-state index in [9.17, 15) is 9.18 Å². The molecule has 0 fully saturated rings. The van der Waals surface area contributed by atoms with Crippen LogP contribution in [0.15, 0.2) is 18.2 Å². The monoisotopic (exact) mass is 243 g/mol. The quantitative estimate of drug-likeness (QED) is 0.864. The van der Waals surface area contributed by atoms with Gasteiger partial charge in [-0.1, -0.05) is 24.6 Å². The number of nitrogens with two attached hydrogens (primary N) is 1. The summed E-state index contributed by atoms with van der Waals surface area (Å²) in [5, 5.41) is 0.0473. The van der Waals surface area contributed by atoms with Crippen molar-refractivity contribution in [2.75, 3.05) is 6.54 Å². The Labute approximate surface area is 99.6 Å². The van der Waals surface area contributed by atoms with Crippen molar-refractivity contribution >= 4 is 17.4 Å². The van der Waals surface area contributed by atoms with Gasteiger partial charge in [-0.2, -0.15) is 0 Å². The summed E-state index contributed by atoms with van der Waals surface area (Å²) in [6.07, 6.45) is 0.986. The lowest BCUT2D eigenvalue weighted by molar-refractivity contribution is -0.122. The fraction of sp³-hybridized carbons (Fsp3) is 0.417. The van der Waals surface area contributed by atoms with E-state index in [2.05, 4.69) is 0 Å². The first-order chi connectivity index (χ1) is 7.58. The van der Waals surface area contributed by atoms with E-state index in [1.54, 1.807) is 6.07 Å². The maximum Gasteiger partial charge on any atom is 0.141 e. The molecule has 0 bridgehead atoms. The average Bonchev–Trinajstić information content (AvgIpc) is 2.25. The van der Waals surface area contributed by atoms with E-state index in [0.717, 1.165) is 12.0 Å². The molecule has 1 aromatic rings. The molecule has 1 unspecified atom stereocenters. The predicted molar refractivity (Wildman–Crippen MR) is 63.0 cm³/mol. The number of hydrogen-bond acceptors (Lipinski definition) is 2. The van der Waals surface area contributed by atoms with Gasteiger partial charge in [0.1, 0.15) is 11.6 Å². The Kier molecular flexibility index (Phi) is 4.90. The highest BCUT2D eigenvalue weighted by Crippen LogP contribution is 2.17. The van der Waals surface area contributed by atoms with Gasteiger partial charge in [-0.25, -0.2) is 4.39 Å². The molecule has 0 spiro atoms. The zero-order valence-electron chi connectivity index (χ0n) is 9.17. The van der Waals surface area contributed by atoms with E-state index < -0.39 is 5.82 Å². The van der Waals surface area contributed by atoms with Gasteiger partial charge in [0.2, 0.25) is 0 Å². The summed E-state index contributed by atoms with van der Waals surface area (Å²) in [5.74, 6) is -0.514. The maximum absolute atomic E-state index is 12.9. The van der Waals surface area contributed by atoms with Crippen molar-refractivity contribution in [1.82, 2.24) is 0 Å². The highest BCUT2D eigenvalue weighted by atomic mass is 35.5. The van der Waals surface area contributed by atoms with Gasteiger partial charge in [0, 0.05) is 18.9 Å². The zero-order chi connectivity index (χ0) is 12.1. The molecule has 88 valence electrons. The van der Waals surface area contributed by atoms with Gasteiger partial charge in [-0.3, -0.25) is 4.79 Å². The average molecular weight is 244 g/mol. The highest BCUT2D eigenvalue weighted by Gasteiger charge is 2.15. The van der Waals surface area contributed by atoms with Gasteiger partial charge in [-0.15, -0.1) is 0 Å². The van der Waals surface area contributed by atoms with Crippen LogP contribution in [-0.2, 0) is 11.2 Å². The number of ketones is 1. The molecule has 0 radical (unpaired) electrons. The number of rotatable bonds is 5. The van der Waals surface area contributed by atoms with Crippen LogP contribution >= 0.6 is 11.6 Å². The Hall–Kier alpha value is -0.930. The van der Waals surface area contributed by atoms with Crippen molar-refractivity contribution < 1.29 is 9.18 Å².